The van der Waals surface area contributed by atoms with Crippen molar-refractivity contribution in [3.63, 3.8) is 0 Å². The molecule has 2 aromatic heterocycles. The van der Waals surface area contributed by atoms with Gasteiger partial charge in [-0.05, 0) is 0 Å². The van der Waals surface area contributed by atoms with Crippen molar-refractivity contribution in [3.05, 3.63) is 12.7 Å². The van der Waals surface area contributed by atoms with Crippen molar-refractivity contribution in [1.82, 2.24) is 30.2 Å². The van der Waals surface area contributed by atoms with E-state index in [1.54, 1.807) is 0 Å². The zero-order valence-corrected chi connectivity index (χ0v) is 39.7. The molecule has 0 bridgehead atoms. The Balaban J connectivity index is 0.00000972. The second-order valence-electron chi connectivity index (χ2n) is 11.5. The second-order valence-corrected chi connectivity index (χ2v) is 16.8. The van der Waals surface area contributed by atoms with E-state index >= 15 is 0 Å². The van der Waals surface area contributed by atoms with Crippen LogP contribution >= 0.6 is 35.2 Å². The van der Waals surface area contributed by atoms with Gasteiger partial charge in [0.15, 0.2) is 17.7 Å². The van der Waals surface area contributed by atoms with Crippen LogP contribution in [0.15, 0.2) is 12.7 Å². The van der Waals surface area contributed by atoms with Crippen molar-refractivity contribution in [1.29, 1.82) is 0 Å². The van der Waals surface area contributed by atoms with Crippen molar-refractivity contribution < 1.29 is 174 Å². The third-order valence-corrected chi connectivity index (χ3v) is 10.9. The molecule has 10 N–H and O–H groups in total. The molecule has 1 saturated heterocycles. The molecule has 1 fully saturated rings. The quantitative estimate of drug-likeness (QED) is 0.0319. The van der Waals surface area contributed by atoms with E-state index in [-0.39, 0.29) is 131 Å². The Hall–Kier alpha value is 0.360. The molecular formula is C23H37N7Na3O18P3S+2. The molecule has 0 aromatic carbocycles. The van der Waals surface area contributed by atoms with Crippen molar-refractivity contribution >= 4 is 70.0 Å². The summed E-state index contributed by atoms with van der Waals surface area (Å²) in [7, 11) is -16.4. The number of anilines is 1. The second kappa shape index (κ2) is 24.0. The van der Waals surface area contributed by atoms with Gasteiger partial charge in [-0.3, -0.25) is 27.7 Å². The third-order valence-electron chi connectivity index (χ3n) is 6.87. The number of hydrogen-bond acceptors (Lipinski definition) is 19. The number of ether oxygens (including phenoxy) is 1. The molecule has 7 atom stereocenters. The molecular weight excluding hydrogens is 856 g/mol. The van der Waals surface area contributed by atoms with Crippen LogP contribution in [0.4, 0.5) is 5.82 Å². The Labute approximate surface area is 383 Å². The number of rotatable bonds is 21. The van der Waals surface area contributed by atoms with Gasteiger partial charge >= 0.3 is 112 Å². The van der Waals surface area contributed by atoms with Gasteiger partial charge in [-0.25, -0.2) is 28.6 Å². The van der Waals surface area contributed by atoms with Gasteiger partial charge in [-0.2, -0.15) is 16.1 Å². The number of nitrogen functional groups attached to an aromatic ring is 1. The molecule has 3 heterocycles. The number of aliphatic hydroxyl groups excluding tert-OH is 2. The first-order valence-corrected chi connectivity index (χ1v) is 20.4. The number of nitrogens with one attached hydrogen (secondary N) is 2. The number of carboxylic acid groups (broad SMARTS) is 1. The fourth-order valence-corrected chi connectivity index (χ4v) is 7.74. The summed E-state index contributed by atoms with van der Waals surface area (Å²) in [5, 5.41) is 36.5. The van der Waals surface area contributed by atoms with Gasteiger partial charge in [0, 0.05) is 36.4 Å². The predicted molar refractivity (Wildman–Crippen MR) is 172 cm³/mol. The van der Waals surface area contributed by atoms with E-state index in [4.69, 9.17) is 19.5 Å². The van der Waals surface area contributed by atoms with Crippen molar-refractivity contribution in [3.8, 4) is 0 Å². The number of phosphoric acid groups is 3. The summed E-state index contributed by atoms with van der Waals surface area (Å²) in [5.41, 5.74) is 4.22. The minimum absolute atomic E-state index is 0. The monoisotopic (exact) mass is 893 g/mol. The van der Waals surface area contributed by atoms with Gasteiger partial charge in [-0.15, -0.1) is 0 Å². The largest absolute Gasteiger partial charge is 1.00 e. The zero-order valence-electron chi connectivity index (χ0n) is 30.2. The van der Waals surface area contributed by atoms with Gasteiger partial charge in [0.05, 0.1) is 25.5 Å². The van der Waals surface area contributed by atoms with E-state index in [0.29, 0.717) is 5.75 Å². The summed E-state index contributed by atoms with van der Waals surface area (Å²) in [6.07, 6.45) is -6.99. The molecule has 0 saturated carbocycles. The van der Waals surface area contributed by atoms with Gasteiger partial charge < -0.3 is 60.8 Å². The topological polar surface area (TPSA) is 387 Å². The molecule has 294 valence electrons. The molecule has 0 aliphatic carbocycles. The third kappa shape index (κ3) is 17.9. The van der Waals surface area contributed by atoms with E-state index in [1.807, 2.05) is 0 Å². The number of amides is 2. The normalized spacial score (nSPS) is 21.2. The van der Waals surface area contributed by atoms with E-state index in [2.05, 4.69) is 34.4 Å². The standard InChI is InChI=1S/C23H38N7O18P3S.3Na/c1-23(2,18(35)21(36)26-4-3-13(31)25-5-6-52-8-14(32)33)9-45-51(42,43)48-50(40,41)44-7-12-17(47-49(37,38)39)16(34)22(46-12)30-11-29-15-19(24)27-10-28-20(15)30;;;/h10-12,16-18,22,34-35H,3-9H2,1-2H3,(H,25,31)(H,26,36)(H,32,33)(H,40,41)(H,42,43)(H2,24,27,28)(H2,37,38,39);;;/q;3*+1/p-1/t12-,16-,17-,18?,22-;;;/m1.../s1. The SMILES string of the molecule is CC(C)(COP(=O)(O)OP(=O)(O)OC[C@H]1O[C@@H](n2cnc3c(N)ncnc32)[C@H](O)[C@@H]1OP(=O)(O)O)C(O)C(=O)NCCC(=O)NCCSCC(=O)[O-].[Na+].[Na+].[Na+]. The maximum atomic E-state index is 12.6. The molecule has 2 aromatic rings. The Morgan fingerprint density at radius 1 is 1.05 bits per heavy atom. The predicted octanol–water partition coefficient (Wildman–Crippen LogP) is -12.1. The van der Waals surface area contributed by atoms with Gasteiger partial charge in [0.25, 0.3) is 0 Å². The van der Waals surface area contributed by atoms with Gasteiger partial charge in [-0.1, -0.05) is 13.8 Å². The summed E-state index contributed by atoms with van der Waals surface area (Å²) in [6.45, 7) is 0.360. The van der Waals surface area contributed by atoms with Crippen molar-refractivity contribution in [2.24, 2.45) is 5.41 Å². The molecule has 3 rings (SSSR count). The summed E-state index contributed by atoms with van der Waals surface area (Å²) in [5.74, 6) is -2.71. The number of thioether (sulfide) groups is 1. The fraction of sp³-hybridized carbons (Fsp3) is 0.652. The van der Waals surface area contributed by atoms with Crippen LogP contribution in [0.1, 0.15) is 26.5 Å². The number of hydrogen-bond donors (Lipinski definition) is 9. The zero-order chi connectivity index (χ0) is 39.1. The molecule has 55 heavy (non-hydrogen) atoms. The van der Waals surface area contributed by atoms with Crippen molar-refractivity contribution in [2.75, 3.05) is 43.5 Å². The maximum Gasteiger partial charge on any atom is 1.00 e. The number of fused-ring (bicyclic) bond motifs is 1. The summed E-state index contributed by atoms with van der Waals surface area (Å²) >= 11 is 1.03. The molecule has 25 nitrogen and oxygen atoms in total. The van der Waals surface area contributed by atoms with Crippen LogP contribution in [0.25, 0.3) is 11.2 Å². The number of aliphatic hydroxyl groups is 2. The Bertz CT molecular complexity index is 1750. The van der Waals surface area contributed by atoms with Crippen LogP contribution in [-0.2, 0) is 50.7 Å². The Kier molecular flexibility index (Phi) is 24.1. The maximum absolute atomic E-state index is 12.6. The Morgan fingerprint density at radius 2 is 1.69 bits per heavy atom. The average molecular weight is 894 g/mol. The average Bonchev–Trinajstić information content (AvgIpc) is 3.58. The minimum Gasteiger partial charge on any atom is -0.549 e. The van der Waals surface area contributed by atoms with Crippen LogP contribution in [0, 0.1) is 5.41 Å². The number of nitrogens with two attached hydrogens (primary N) is 1. The fourth-order valence-electron chi connectivity index (χ4n) is 4.36. The van der Waals surface area contributed by atoms with E-state index < -0.39 is 90.5 Å². The van der Waals surface area contributed by atoms with Crippen molar-refractivity contribution in [2.45, 2.75) is 50.9 Å². The number of nitrogens with zero attached hydrogens (tertiary/aromatic N) is 4. The number of carbonyl (C=O) groups is 3. The summed E-state index contributed by atoms with van der Waals surface area (Å²) < 4.78 is 61.8. The summed E-state index contributed by atoms with van der Waals surface area (Å²) in [4.78, 5) is 85.4. The number of aliphatic carboxylic acids is 1. The number of phosphoric ester groups is 3. The molecule has 0 spiro atoms. The van der Waals surface area contributed by atoms with Gasteiger partial charge in [0.2, 0.25) is 11.8 Å². The number of carbonyl (C=O) groups excluding carboxylic acids is 3. The first-order chi connectivity index (χ1) is 24.0. The molecule has 1 aliphatic heterocycles. The van der Waals surface area contributed by atoms with Gasteiger partial charge in [0.1, 0.15) is 36.3 Å². The number of aromatic nitrogens is 4. The van der Waals surface area contributed by atoms with Crippen LogP contribution in [0.5, 0.6) is 0 Å². The molecule has 2 amide bonds. The first-order valence-electron chi connectivity index (χ1n) is 14.7. The van der Waals surface area contributed by atoms with Crippen LogP contribution in [-0.4, -0.2) is 129 Å². The smallest absolute Gasteiger partial charge is 0.549 e. The van der Waals surface area contributed by atoms with Crippen LogP contribution in [0.2, 0.25) is 0 Å². The summed E-state index contributed by atoms with van der Waals surface area (Å²) in [6, 6.07) is 0. The molecule has 1 aliphatic rings. The van der Waals surface area contributed by atoms with E-state index in [0.717, 1.165) is 29.0 Å². The van der Waals surface area contributed by atoms with Crippen LogP contribution < -0.4 is 110 Å². The molecule has 32 heteroatoms. The first kappa shape index (κ1) is 55.4. The van der Waals surface area contributed by atoms with E-state index in [1.165, 1.54) is 13.8 Å². The Morgan fingerprint density at radius 3 is 2.31 bits per heavy atom. The molecule has 0 radical (unpaired) electrons. The van der Waals surface area contributed by atoms with E-state index in [9.17, 15) is 63.0 Å². The minimum atomic E-state index is -5.57. The number of imidazole rings is 1. The number of carboxylic acids is 1. The van der Waals surface area contributed by atoms with Crippen LogP contribution in [0.3, 0.4) is 0 Å². The molecule has 3 unspecified atom stereocenters.